The number of aliphatic hydroxyl groups is 2. The number of amides is 1. The summed E-state index contributed by atoms with van der Waals surface area (Å²) in [6, 6.07) is 0. The number of H-pyrrole nitrogens is 2. The quantitative estimate of drug-likeness (QED) is 0.379. The molecule has 78 valence electrons. The second-order valence-corrected chi connectivity index (χ2v) is 2.70. The number of aliphatic hydroxyl groups excluding tert-OH is 2. The van der Waals surface area contributed by atoms with Crippen LogP contribution in [0.2, 0.25) is 0 Å². The molecule has 1 unspecified atom stereocenters. The summed E-state index contributed by atoms with van der Waals surface area (Å²) in [6.45, 7) is -0.494. The van der Waals surface area contributed by atoms with Gasteiger partial charge in [-0.2, -0.15) is 0 Å². The Hall–Kier alpha value is -1.60. The fourth-order valence-electron chi connectivity index (χ4n) is 0.825. The third-order valence-corrected chi connectivity index (χ3v) is 1.55. The van der Waals surface area contributed by atoms with E-state index in [0.717, 1.165) is 0 Å². The molecule has 5 N–H and O–H groups in total. The van der Waals surface area contributed by atoms with E-state index in [2.05, 4.69) is 15.3 Å². The summed E-state index contributed by atoms with van der Waals surface area (Å²) in [5.74, 6) is -0.518. The van der Waals surface area contributed by atoms with E-state index in [9.17, 15) is 9.59 Å². The van der Waals surface area contributed by atoms with Crippen LogP contribution in [0.15, 0.2) is 11.0 Å². The summed E-state index contributed by atoms with van der Waals surface area (Å²) in [5.41, 5.74) is -0.391. The second kappa shape index (κ2) is 4.58. The molecule has 0 spiro atoms. The predicted molar refractivity (Wildman–Crippen MR) is 46.8 cm³/mol. The van der Waals surface area contributed by atoms with Crippen molar-refractivity contribution >= 4 is 5.91 Å². The first kappa shape index (κ1) is 10.5. The fraction of sp³-hybridized carbons (Fsp3) is 0.429. The van der Waals surface area contributed by atoms with Crippen LogP contribution >= 0.6 is 0 Å². The molecule has 0 saturated carbocycles. The van der Waals surface area contributed by atoms with Gasteiger partial charge in [0.05, 0.1) is 12.7 Å². The summed E-state index contributed by atoms with van der Waals surface area (Å²) in [6.07, 6.45) is 0.229. The number of carbonyl (C=O) groups excluding carboxylic acids is 1. The van der Waals surface area contributed by atoms with Crippen LogP contribution in [0, 0.1) is 0 Å². The Balaban J connectivity index is 2.47. The van der Waals surface area contributed by atoms with Crippen molar-refractivity contribution in [3.8, 4) is 0 Å². The molecule has 0 radical (unpaired) electrons. The zero-order valence-electron chi connectivity index (χ0n) is 7.28. The Kier molecular flexibility index (Phi) is 3.43. The van der Waals surface area contributed by atoms with Crippen LogP contribution in [0.3, 0.4) is 0 Å². The standard InChI is InChI=1S/C7H11N3O4/c11-3-4(12)1-8-6(13)5-2-9-7(14)10-5/h2,4,11-12H,1,3H2,(H,8,13)(H2,9,10,14). The van der Waals surface area contributed by atoms with E-state index in [1.165, 1.54) is 6.20 Å². The predicted octanol–water partition coefficient (Wildman–Crippen LogP) is -2.21. The molecule has 7 heteroatoms. The molecular formula is C7H11N3O4. The van der Waals surface area contributed by atoms with Crippen molar-refractivity contribution in [1.29, 1.82) is 0 Å². The highest BCUT2D eigenvalue weighted by Crippen LogP contribution is 1.87. The van der Waals surface area contributed by atoms with Crippen molar-refractivity contribution in [2.45, 2.75) is 6.10 Å². The van der Waals surface area contributed by atoms with Crippen molar-refractivity contribution in [1.82, 2.24) is 15.3 Å². The van der Waals surface area contributed by atoms with Crippen LogP contribution < -0.4 is 11.0 Å². The van der Waals surface area contributed by atoms with Crippen LogP contribution in [0.5, 0.6) is 0 Å². The molecule has 1 heterocycles. The molecule has 0 bridgehead atoms. The Bertz CT molecular complexity index is 356. The third-order valence-electron chi connectivity index (χ3n) is 1.55. The van der Waals surface area contributed by atoms with E-state index >= 15 is 0 Å². The highest BCUT2D eigenvalue weighted by Gasteiger charge is 2.09. The van der Waals surface area contributed by atoms with Gasteiger partial charge in [-0.05, 0) is 0 Å². The average Bonchev–Trinajstić information content (AvgIpc) is 2.60. The van der Waals surface area contributed by atoms with Crippen LogP contribution in [-0.2, 0) is 0 Å². The van der Waals surface area contributed by atoms with Crippen molar-refractivity contribution in [2.24, 2.45) is 0 Å². The van der Waals surface area contributed by atoms with E-state index in [4.69, 9.17) is 10.2 Å². The van der Waals surface area contributed by atoms with Crippen molar-refractivity contribution in [3.63, 3.8) is 0 Å². The first-order valence-electron chi connectivity index (χ1n) is 3.98. The zero-order valence-corrected chi connectivity index (χ0v) is 7.28. The van der Waals surface area contributed by atoms with Gasteiger partial charge in [-0.25, -0.2) is 4.79 Å². The Morgan fingerprint density at radius 2 is 2.36 bits per heavy atom. The Morgan fingerprint density at radius 1 is 1.64 bits per heavy atom. The van der Waals surface area contributed by atoms with Crippen LogP contribution in [0.25, 0.3) is 0 Å². The van der Waals surface area contributed by atoms with E-state index in [-0.39, 0.29) is 12.2 Å². The SMILES string of the molecule is O=C(NCC(O)CO)c1c[nH]c(=O)[nH]1. The summed E-state index contributed by atoms with van der Waals surface area (Å²) >= 11 is 0. The van der Waals surface area contributed by atoms with Crippen LogP contribution in [-0.4, -0.2) is 45.3 Å². The lowest BCUT2D eigenvalue weighted by atomic mass is 10.3. The monoisotopic (exact) mass is 201 g/mol. The fourth-order valence-corrected chi connectivity index (χ4v) is 0.825. The lowest BCUT2D eigenvalue weighted by Crippen LogP contribution is -2.34. The molecule has 0 aromatic carbocycles. The summed E-state index contributed by atoms with van der Waals surface area (Å²) in [5, 5.41) is 19.7. The molecule has 1 atom stereocenters. The molecule has 0 aliphatic rings. The molecule has 14 heavy (non-hydrogen) atoms. The highest BCUT2D eigenvalue weighted by atomic mass is 16.3. The number of imidazole rings is 1. The van der Waals surface area contributed by atoms with Gasteiger partial charge in [0, 0.05) is 12.7 Å². The molecule has 0 saturated heterocycles. The maximum atomic E-state index is 11.2. The topological polar surface area (TPSA) is 118 Å². The lowest BCUT2D eigenvalue weighted by Gasteiger charge is -2.07. The molecule has 0 aliphatic heterocycles. The van der Waals surface area contributed by atoms with Gasteiger partial charge in [-0.15, -0.1) is 0 Å². The van der Waals surface area contributed by atoms with E-state index < -0.39 is 24.3 Å². The summed E-state index contributed by atoms with van der Waals surface area (Å²) in [7, 11) is 0. The van der Waals surface area contributed by atoms with Gasteiger partial charge in [-0.3, -0.25) is 4.79 Å². The number of hydrogen-bond acceptors (Lipinski definition) is 4. The van der Waals surface area contributed by atoms with E-state index in [0.29, 0.717) is 0 Å². The van der Waals surface area contributed by atoms with E-state index in [1.807, 2.05) is 0 Å². The Morgan fingerprint density at radius 3 is 2.86 bits per heavy atom. The normalized spacial score (nSPS) is 12.4. The van der Waals surface area contributed by atoms with Gasteiger partial charge in [0.2, 0.25) is 0 Å². The van der Waals surface area contributed by atoms with Crippen molar-refractivity contribution in [3.05, 3.63) is 22.4 Å². The smallest absolute Gasteiger partial charge is 0.323 e. The van der Waals surface area contributed by atoms with Gasteiger partial charge in [0.1, 0.15) is 5.69 Å². The number of nitrogens with one attached hydrogen (secondary N) is 3. The Labute approximate surface area is 78.8 Å². The number of carbonyl (C=O) groups is 1. The molecule has 0 aliphatic carbocycles. The van der Waals surface area contributed by atoms with Crippen molar-refractivity contribution < 1.29 is 15.0 Å². The minimum Gasteiger partial charge on any atom is -0.394 e. The molecule has 1 rings (SSSR count). The maximum Gasteiger partial charge on any atom is 0.323 e. The molecule has 1 aromatic rings. The number of rotatable bonds is 4. The number of hydrogen-bond donors (Lipinski definition) is 5. The summed E-state index contributed by atoms with van der Waals surface area (Å²) in [4.78, 5) is 26.3. The van der Waals surface area contributed by atoms with Gasteiger partial charge in [0.15, 0.2) is 0 Å². The molecule has 1 amide bonds. The maximum absolute atomic E-state index is 11.2. The molecule has 7 nitrogen and oxygen atoms in total. The van der Waals surface area contributed by atoms with E-state index in [1.54, 1.807) is 0 Å². The van der Waals surface area contributed by atoms with Gasteiger partial charge >= 0.3 is 5.69 Å². The highest BCUT2D eigenvalue weighted by molar-refractivity contribution is 5.91. The first-order chi connectivity index (χ1) is 6.63. The van der Waals surface area contributed by atoms with Crippen LogP contribution in [0.1, 0.15) is 10.5 Å². The largest absolute Gasteiger partial charge is 0.394 e. The first-order valence-corrected chi connectivity index (χ1v) is 3.98. The molecule has 0 fully saturated rings. The lowest BCUT2D eigenvalue weighted by molar-refractivity contribution is 0.0799. The molecular weight excluding hydrogens is 190 g/mol. The van der Waals surface area contributed by atoms with Gasteiger partial charge < -0.3 is 25.5 Å². The van der Waals surface area contributed by atoms with Crippen molar-refractivity contribution in [2.75, 3.05) is 13.2 Å². The van der Waals surface area contributed by atoms with Gasteiger partial charge in [0.25, 0.3) is 5.91 Å². The minimum atomic E-state index is -0.996. The summed E-state index contributed by atoms with van der Waals surface area (Å²) < 4.78 is 0. The average molecular weight is 201 g/mol. The third kappa shape index (κ3) is 2.71. The minimum absolute atomic E-state index is 0.0669. The number of aromatic nitrogens is 2. The second-order valence-electron chi connectivity index (χ2n) is 2.70. The van der Waals surface area contributed by atoms with Gasteiger partial charge in [-0.1, -0.05) is 0 Å². The number of aromatic amines is 2. The zero-order chi connectivity index (χ0) is 10.6. The van der Waals surface area contributed by atoms with Crippen LogP contribution in [0.4, 0.5) is 0 Å². The molecule has 1 aromatic heterocycles.